The van der Waals surface area contributed by atoms with E-state index in [2.05, 4.69) is 52.9 Å². The van der Waals surface area contributed by atoms with E-state index >= 15 is 0 Å². The lowest BCUT2D eigenvalue weighted by molar-refractivity contribution is 1.31. The summed E-state index contributed by atoms with van der Waals surface area (Å²) in [6.07, 6.45) is 0. The molecule has 2 rings (SSSR count). The highest BCUT2D eigenvalue weighted by Gasteiger charge is 2.10. The minimum absolute atomic E-state index is 0.812. The largest absolute Gasteiger partial charge is 0.225 e. The molecule has 19 heavy (non-hydrogen) atoms. The van der Waals surface area contributed by atoms with E-state index in [0.29, 0.717) is 0 Å². The van der Waals surface area contributed by atoms with Gasteiger partial charge in [0.05, 0.1) is 0 Å². The van der Waals surface area contributed by atoms with Gasteiger partial charge in [-0.2, -0.15) is 0 Å². The van der Waals surface area contributed by atoms with Crippen LogP contribution in [-0.4, -0.2) is 18.0 Å². The summed E-state index contributed by atoms with van der Waals surface area (Å²) in [5.41, 5.74) is 4.98. The van der Waals surface area contributed by atoms with Crippen LogP contribution in [-0.2, 0) is 0 Å². The predicted molar refractivity (Wildman–Crippen MR) is 86.0 cm³/mol. The van der Waals surface area contributed by atoms with Gasteiger partial charge in [0.15, 0.2) is 10.0 Å². The Kier molecular flexibility index (Phi) is 4.21. The summed E-state index contributed by atoms with van der Waals surface area (Å²) in [7, 11) is -1.34. The molecule has 0 aliphatic carbocycles. The SMILES string of the molecule is CC#Cc1csc(-c2nc(C#C[Si](C)(C)C)cs2)n1. The highest BCUT2D eigenvalue weighted by Crippen LogP contribution is 2.26. The molecule has 2 aromatic heterocycles. The normalized spacial score (nSPS) is 10.3. The molecule has 96 valence electrons. The summed E-state index contributed by atoms with van der Waals surface area (Å²) in [5.74, 6) is 8.97. The van der Waals surface area contributed by atoms with Crippen molar-refractivity contribution in [2.24, 2.45) is 0 Å². The topological polar surface area (TPSA) is 25.8 Å². The molecule has 5 heteroatoms. The van der Waals surface area contributed by atoms with Crippen LogP contribution < -0.4 is 0 Å². The maximum absolute atomic E-state index is 4.52. The number of nitrogens with zero attached hydrogens (tertiary/aromatic N) is 2. The molecular formula is C14H14N2S2Si. The van der Waals surface area contributed by atoms with Gasteiger partial charge in [0.1, 0.15) is 19.5 Å². The lowest BCUT2D eigenvalue weighted by Gasteiger charge is -2.02. The standard InChI is InChI=1S/C14H14N2S2Si/c1-5-6-11-9-17-13(15-11)14-16-12(10-18-14)7-8-19(2,3)4/h9-10H,1-4H3. The zero-order valence-corrected chi connectivity index (χ0v) is 14.0. The average Bonchev–Trinajstić information content (AvgIpc) is 2.93. The molecule has 0 fully saturated rings. The maximum Gasteiger partial charge on any atom is 0.153 e. The fourth-order valence-corrected chi connectivity index (χ4v) is 3.29. The van der Waals surface area contributed by atoms with Crippen molar-refractivity contribution < 1.29 is 0 Å². The van der Waals surface area contributed by atoms with Crippen molar-refractivity contribution in [1.29, 1.82) is 0 Å². The van der Waals surface area contributed by atoms with Gasteiger partial charge in [0, 0.05) is 10.8 Å². The Labute approximate surface area is 123 Å². The van der Waals surface area contributed by atoms with Crippen LogP contribution in [0.2, 0.25) is 19.6 Å². The molecule has 2 nitrogen and oxygen atoms in total. The van der Waals surface area contributed by atoms with Crippen LogP contribution in [0.15, 0.2) is 10.8 Å². The Hall–Kier alpha value is -1.40. The van der Waals surface area contributed by atoms with Gasteiger partial charge in [-0.3, -0.25) is 0 Å². The minimum Gasteiger partial charge on any atom is -0.225 e. The van der Waals surface area contributed by atoms with Crippen LogP contribution in [0.25, 0.3) is 10.0 Å². The first kappa shape index (κ1) is 14.0. The monoisotopic (exact) mass is 302 g/mol. The van der Waals surface area contributed by atoms with E-state index in [1.807, 2.05) is 17.7 Å². The van der Waals surface area contributed by atoms with E-state index in [1.165, 1.54) is 0 Å². The quantitative estimate of drug-likeness (QED) is 0.590. The van der Waals surface area contributed by atoms with Crippen molar-refractivity contribution in [2.45, 2.75) is 26.6 Å². The number of aromatic nitrogens is 2. The summed E-state index contributed by atoms with van der Waals surface area (Å²) in [5, 5.41) is 5.80. The second-order valence-electron chi connectivity index (χ2n) is 4.95. The Morgan fingerprint density at radius 2 is 1.47 bits per heavy atom. The van der Waals surface area contributed by atoms with Gasteiger partial charge in [0.25, 0.3) is 0 Å². The van der Waals surface area contributed by atoms with Crippen molar-refractivity contribution in [1.82, 2.24) is 9.97 Å². The fourth-order valence-electron chi connectivity index (χ4n) is 1.24. The molecule has 0 aliphatic rings. The summed E-state index contributed by atoms with van der Waals surface area (Å²) in [6, 6.07) is 0. The predicted octanol–water partition coefficient (Wildman–Crippen LogP) is 3.87. The zero-order valence-electron chi connectivity index (χ0n) is 11.4. The number of hydrogen-bond donors (Lipinski definition) is 0. The molecular weight excluding hydrogens is 288 g/mol. The molecule has 0 radical (unpaired) electrons. The molecule has 0 bridgehead atoms. The lowest BCUT2D eigenvalue weighted by Crippen LogP contribution is -2.16. The molecule has 0 aromatic carbocycles. The molecule has 2 heterocycles. The Balaban J connectivity index is 2.24. The first-order valence-corrected chi connectivity index (χ1v) is 11.1. The van der Waals surface area contributed by atoms with Crippen LogP contribution in [0.3, 0.4) is 0 Å². The van der Waals surface area contributed by atoms with Crippen LogP contribution in [0.5, 0.6) is 0 Å². The average molecular weight is 302 g/mol. The lowest BCUT2D eigenvalue weighted by atomic mass is 10.5. The summed E-state index contributed by atoms with van der Waals surface area (Å²) >= 11 is 3.16. The van der Waals surface area contributed by atoms with Gasteiger partial charge in [-0.05, 0) is 12.8 Å². The number of hydrogen-bond acceptors (Lipinski definition) is 4. The van der Waals surface area contributed by atoms with Gasteiger partial charge in [-0.25, -0.2) is 9.97 Å². The third kappa shape index (κ3) is 4.04. The van der Waals surface area contributed by atoms with Crippen molar-refractivity contribution in [3.05, 3.63) is 22.1 Å². The van der Waals surface area contributed by atoms with Gasteiger partial charge >= 0.3 is 0 Å². The Bertz CT molecular complexity index is 699. The first-order chi connectivity index (χ1) is 8.98. The van der Waals surface area contributed by atoms with Gasteiger partial charge in [-0.15, -0.1) is 28.2 Å². The van der Waals surface area contributed by atoms with Gasteiger partial charge < -0.3 is 0 Å². The van der Waals surface area contributed by atoms with Gasteiger partial charge in [0.2, 0.25) is 0 Å². The van der Waals surface area contributed by atoms with Crippen molar-refractivity contribution in [3.8, 4) is 33.3 Å². The summed E-state index contributed by atoms with van der Waals surface area (Å²) in [6.45, 7) is 8.49. The van der Waals surface area contributed by atoms with Crippen LogP contribution >= 0.6 is 22.7 Å². The highest BCUT2D eigenvalue weighted by atomic mass is 32.1. The van der Waals surface area contributed by atoms with Crippen molar-refractivity contribution in [3.63, 3.8) is 0 Å². The number of rotatable bonds is 1. The highest BCUT2D eigenvalue weighted by molar-refractivity contribution is 7.19. The third-order valence-corrected chi connectivity index (χ3v) is 4.71. The summed E-state index contributed by atoms with van der Waals surface area (Å²) in [4.78, 5) is 8.97. The van der Waals surface area contributed by atoms with E-state index in [1.54, 1.807) is 22.7 Å². The van der Waals surface area contributed by atoms with Crippen LogP contribution in [0.1, 0.15) is 18.3 Å². The first-order valence-electron chi connectivity index (χ1n) is 5.85. The molecule has 0 atom stereocenters. The molecule has 0 aliphatic heterocycles. The second kappa shape index (κ2) is 5.71. The molecule has 2 aromatic rings. The second-order valence-corrected chi connectivity index (χ2v) is 11.4. The Morgan fingerprint density at radius 1 is 0.947 bits per heavy atom. The molecule has 0 saturated carbocycles. The van der Waals surface area contributed by atoms with Crippen LogP contribution in [0, 0.1) is 23.3 Å². The van der Waals surface area contributed by atoms with Crippen LogP contribution in [0.4, 0.5) is 0 Å². The molecule has 0 amide bonds. The fraction of sp³-hybridized carbons (Fsp3) is 0.286. The van der Waals surface area contributed by atoms with E-state index in [4.69, 9.17) is 0 Å². The maximum atomic E-state index is 4.52. The molecule has 0 N–H and O–H groups in total. The van der Waals surface area contributed by atoms with E-state index < -0.39 is 8.07 Å². The minimum atomic E-state index is -1.34. The molecule has 0 unspecified atom stereocenters. The smallest absolute Gasteiger partial charge is 0.153 e. The molecule has 0 spiro atoms. The van der Waals surface area contributed by atoms with E-state index in [0.717, 1.165) is 21.4 Å². The molecule has 0 saturated heterocycles. The van der Waals surface area contributed by atoms with E-state index in [-0.39, 0.29) is 0 Å². The Morgan fingerprint density at radius 3 is 1.95 bits per heavy atom. The number of thiazole rings is 2. The van der Waals surface area contributed by atoms with Gasteiger partial charge in [-0.1, -0.05) is 31.5 Å². The van der Waals surface area contributed by atoms with E-state index in [9.17, 15) is 0 Å². The van der Waals surface area contributed by atoms with Crippen molar-refractivity contribution in [2.75, 3.05) is 0 Å². The zero-order chi connectivity index (χ0) is 13.9. The third-order valence-electron chi connectivity index (χ3n) is 2.01. The summed E-state index contributed by atoms with van der Waals surface area (Å²) < 4.78 is 0. The van der Waals surface area contributed by atoms with Crippen molar-refractivity contribution >= 4 is 30.7 Å².